The van der Waals surface area contributed by atoms with Crippen molar-refractivity contribution < 1.29 is 9.59 Å². The molecule has 5 N–H and O–H groups in total. The van der Waals surface area contributed by atoms with Gasteiger partial charge in [-0.05, 0) is 44.1 Å². The molecule has 1 aromatic carbocycles. The van der Waals surface area contributed by atoms with E-state index in [2.05, 4.69) is 16.0 Å². The predicted molar refractivity (Wildman–Crippen MR) is 86.6 cm³/mol. The summed E-state index contributed by atoms with van der Waals surface area (Å²) in [5, 5.41) is 9.17. The van der Waals surface area contributed by atoms with E-state index in [0.717, 1.165) is 25.9 Å². The smallest absolute Gasteiger partial charge is 0.316 e. The van der Waals surface area contributed by atoms with Crippen molar-refractivity contribution >= 4 is 35.1 Å². The first-order chi connectivity index (χ1) is 10.1. The third-order valence-electron chi connectivity index (χ3n) is 3.15. The standard InChI is InChI=1S/C14H20N4O2S/c15-14(20)18-11-3-1-2-10(8-11)17-13(19)9-21-12-4-6-16-7-5-12/h1-3,8,12,16H,4-7,9H2,(H,17,19)(H3,15,18,20). The minimum absolute atomic E-state index is 0.0326. The van der Waals surface area contributed by atoms with Crippen LogP contribution in [0.3, 0.4) is 0 Å². The van der Waals surface area contributed by atoms with Gasteiger partial charge in [-0.15, -0.1) is 11.8 Å². The molecule has 0 aromatic heterocycles. The molecule has 7 heteroatoms. The van der Waals surface area contributed by atoms with Crippen molar-refractivity contribution in [3.63, 3.8) is 0 Å². The van der Waals surface area contributed by atoms with Crippen LogP contribution in [-0.4, -0.2) is 36.0 Å². The molecule has 1 aromatic rings. The number of amides is 3. The summed E-state index contributed by atoms with van der Waals surface area (Å²) in [4.78, 5) is 22.7. The molecule has 0 atom stereocenters. The Hall–Kier alpha value is -1.73. The highest BCUT2D eigenvalue weighted by Crippen LogP contribution is 2.21. The minimum atomic E-state index is -0.625. The topological polar surface area (TPSA) is 96.2 Å². The van der Waals surface area contributed by atoms with E-state index in [1.54, 1.807) is 36.0 Å². The fourth-order valence-electron chi connectivity index (χ4n) is 2.17. The van der Waals surface area contributed by atoms with Crippen LogP contribution in [0.15, 0.2) is 24.3 Å². The van der Waals surface area contributed by atoms with Crippen molar-refractivity contribution in [3.05, 3.63) is 24.3 Å². The third-order valence-corrected chi connectivity index (χ3v) is 4.52. The number of piperidine rings is 1. The molecule has 3 amide bonds. The van der Waals surface area contributed by atoms with Crippen LogP contribution in [0.1, 0.15) is 12.8 Å². The molecule has 21 heavy (non-hydrogen) atoms. The number of benzene rings is 1. The van der Waals surface area contributed by atoms with Gasteiger partial charge in [0.25, 0.3) is 0 Å². The first-order valence-electron chi connectivity index (χ1n) is 6.92. The van der Waals surface area contributed by atoms with Gasteiger partial charge in [-0.3, -0.25) is 4.79 Å². The van der Waals surface area contributed by atoms with E-state index in [9.17, 15) is 9.59 Å². The van der Waals surface area contributed by atoms with Crippen LogP contribution in [-0.2, 0) is 4.79 Å². The second-order valence-corrected chi connectivity index (χ2v) is 6.17. The van der Waals surface area contributed by atoms with Crippen LogP contribution in [0.4, 0.5) is 16.2 Å². The van der Waals surface area contributed by atoms with Crippen molar-refractivity contribution in [1.82, 2.24) is 5.32 Å². The zero-order valence-electron chi connectivity index (χ0n) is 11.7. The minimum Gasteiger partial charge on any atom is -0.351 e. The van der Waals surface area contributed by atoms with E-state index < -0.39 is 6.03 Å². The Labute approximate surface area is 128 Å². The van der Waals surface area contributed by atoms with E-state index in [4.69, 9.17) is 5.73 Å². The Morgan fingerprint density at radius 2 is 1.90 bits per heavy atom. The number of carbonyl (C=O) groups is 2. The molecular weight excluding hydrogens is 288 g/mol. The van der Waals surface area contributed by atoms with Crippen LogP contribution < -0.4 is 21.7 Å². The highest BCUT2D eigenvalue weighted by atomic mass is 32.2. The van der Waals surface area contributed by atoms with Crippen LogP contribution in [0, 0.1) is 0 Å². The summed E-state index contributed by atoms with van der Waals surface area (Å²) in [6.45, 7) is 2.06. The Balaban J connectivity index is 1.80. The quantitative estimate of drug-likeness (QED) is 0.664. The first kappa shape index (κ1) is 15.7. The van der Waals surface area contributed by atoms with Gasteiger partial charge in [0.1, 0.15) is 0 Å². The molecule has 114 valence electrons. The summed E-state index contributed by atoms with van der Waals surface area (Å²) in [5.41, 5.74) is 6.27. The molecule has 0 aliphatic carbocycles. The maximum absolute atomic E-state index is 11.9. The maximum Gasteiger partial charge on any atom is 0.316 e. The van der Waals surface area contributed by atoms with Gasteiger partial charge >= 0.3 is 6.03 Å². The summed E-state index contributed by atoms with van der Waals surface area (Å²) in [6, 6.07) is 6.29. The molecule has 0 radical (unpaired) electrons. The number of nitrogens with two attached hydrogens (primary N) is 1. The highest BCUT2D eigenvalue weighted by Gasteiger charge is 2.15. The summed E-state index contributed by atoms with van der Waals surface area (Å²) in [6.07, 6.45) is 2.21. The lowest BCUT2D eigenvalue weighted by molar-refractivity contribution is -0.113. The van der Waals surface area contributed by atoms with Gasteiger partial charge in [0.2, 0.25) is 5.91 Å². The molecule has 1 aliphatic rings. The summed E-state index contributed by atoms with van der Waals surface area (Å²) >= 11 is 1.70. The lowest BCUT2D eigenvalue weighted by atomic mass is 10.2. The van der Waals surface area contributed by atoms with Crippen LogP contribution in [0.5, 0.6) is 0 Å². The molecule has 0 bridgehead atoms. The monoisotopic (exact) mass is 308 g/mol. The Morgan fingerprint density at radius 1 is 1.24 bits per heavy atom. The number of thioether (sulfide) groups is 1. The number of hydrogen-bond acceptors (Lipinski definition) is 4. The normalized spacial score (nSPS) is 15.4. The average Bonchev–Trinajstić information content (AvgIpc) is 2.46. The van der Waals surface area contributed by atoms with Crippen molar-refractivity contribution in [3.8, 4) is 0 Å². The number of anilines is 2. The number of primary amides is 1. The first-order valence-corrected chi connectivity index (χ1v) is 7.97. The van der Waals surface area contributed by atoms with Gasteiger partial charge < -0.3 is 21.7 Å². The number of nitrogens with one attached hydrogen (secondary N) is 3. The van der Waals surface area contributed by atoms with E-state index in [-0.39, 0.29) is 5.91 Å². The summed E-state index contributed by atoms with van der Waals surface area (Å²) < 4.78 is 0. The summed E-state index contributed by atoms with van der Waals surface area (Å²) in [7, 11) is 0. The molecule has 1 fully saturated rings. The second kappa shape index (κ2) is 7.90. The zero-order chi connectivity index (χ0) is 15.1. The largest absolute Gasteiger partial charge is 0.351 e. The van der Waals surface area contributed by atoms with Crippen LogP contribution in [0.2, 0.25) is 0 Å². The van der Waals surface area contributed by atoms with Crippen molar-refractivity contribution in [2.75, 3.05) is 29.5 Å². The van der Waals surface area contributed by atoms with E-state index in [0.29, 0.717) is 22.4 Å². The van der Waals surface area contributed by atoms with E-state index in [1.165, 1.54) is 0 Å². The van der Waals surface area contributed by atoms with E-state index >= 15 is 0 Å². The Bertz CT molecular complexity index is 504. The van der Waals surface area contributed by atoms with E-state index in [1.807, 2.05) is 0 Å². The molecule has 2 rings (SSSR count). The number of hydrogen-bond donors (Lipinski definition) is 4. The highest BCUT2D eigenvalue weighted by molar-refractivity contribution is 8.00. The van der Waals surface area contributed by atoms with Crippen molar-refractivity contribution in [2.24, 2.45) is 5.73 Å². The number of urea groups is 1. The molecule has 1 saturated heterocycles. The SMILES string of the molecule is NC(=O)Nc1cccc(NC(=O)CSC2CCNCC2)c1. The fourth-order valence-corrected chi connectivity index (χ4v) is 3.20. The van der Waals surface area contributed by atoms with Gasteiger partial charge in [0, 0.05) is 16.6 Å². The van der Waals surface area contributed by atoms with Gasteiger partial charge in [-0.2, -0.15) is 0 Å². The fraction of sp³-hybridized carbons (Fsp3) is 0.429. The Kier molecular flexibility index (Phi) is 5.89. The lowest BCUT2D eigenvalue weighted by Gasteiger charge is -2.21. The molecule has 6 nitrogen and oxygen atoms in total. The maximum atomic E-state index is 11.9. The second-order valence-electron chi connectivity index (χ2n) is 4.88. The lowest BCUT2D eigenvalue weighted by Crippen LogP contribution is -2.30. The average molecular weight is 308 g/mol. The van der Waals surface area contributed by atoms with Gasteiger partial charge in [0.05, 0.1) is 5.75 Å². The molecule has 1 heterocycles. The zero-order valence-corrected chi connectivity index (χ0v) is 12.5. The van der Waals surface area contributed by atoms with Crippen molar-refractivity contribution in [1.29, 1.82) is 0 Å². The van der Waals surface area contributed by atoms with Crippen LogP contribution >= 0.6 is 11.8 Å². The predicted octanol–water partition coefficient (Wildman–Crippen LogP) is 1.60. The molecule has 1 aliphatic heterocycles. The third kappa shape index (κ3) is 5.65. The van der Waals surface area contributed by atoms with Crippen LogP contribution in [0.25, 0.3) is 0 Å². The summed E-state index contributed by atoms with van der Waals surface area (Å²) in [5.74, 6) is 0.410. The number of carbonyl (C=O) groups excluding carboxylic acids is 2. The molecule has 0 spiro atoms. The molecule has 0 saturated carbocycles. The molecule has 0 unspecified atom stereocenters. The van der Waals surface area contributed by atoms with Gasteiger partial charge in [-0.1, -0.05) is 6.07 Å². The van der Waals surface area contributed by atoms with Crippen molar-refractivity contribution in [2.45, 2.75) is 18.1 Å². The van der Waals surface area contributed by atoms with Gasteiger partial charge in [-0.25, -0.2) is 4.79 Å². The molecular formula is C14H20N4O2S. The Morgan fingerprint density at radius 3 is 2.57 bits per heavy atom. The van der Waals surface area contributed by atoms with Gasteiger partial charge in [0.15, 0.2) is 0 Å². The number of rotatable bonds is 5.